The molecule has 3 N–H and O–H groups in total. The molecule has 4 nitrogen and oxygen atoms in total. The van der Waals surface area contributed by atoms with E-state index in [-0.39, 0.29) is 5.84 Å². The first kappa shape index (κ1) is 12.7. The van der Waals surface area contributed by atoms with E-state index in [0.29, 0.717) is 16.8 Å². The standard InChI is InChI=1S/C14H11FN4/c15-12-3-1-2-11(8-12)14(17)19(18)13-6-4-10(9-16)5-7-13/h1-8,17H,18H2. The van der Waals surface area contributed by atoms with Gasteiger partial charge < -0.3 is 0 Å². The van der Waals surface area contributed by atoms with E-state index in [9.17, 15) is 4.39 Å². The summed E-state index contributed by atoms with van der Waals surface area (Å²) in [5.74, 6) is 5.37. The number of benzene rings is 2. The number of nitrogens with one attached hydrogen (secondary N) is 1. The Bertz CT molecular complexity index is 643. The summed E-state index contributed by atoms with van der Waals surface area (Å²) in [6.45, 7) is 0. The van der Waals surface area contributed by atoms with Gasteiger partial charge in [-0.3, -0.25) is 10.4 Å². The van der Waals surface area contributed by atoms with Gasteiger partial charge in [0.25, 0.3) is 0 Å². The Morgan fingerprint density at radius 1 is 1.21 bits per heavy atom. The summed E-state index contributed by atoms with van der Waals surface area (Å²) < 4.78 is 13.1. The van der Waals surface area contributed by atoms with E-state index in [0.717, 1.165) is 5.01 Å². The maximum absolute atomic E-state index is 13.1. The number of rotatable bonds is 2. The molecule has 94 valence electrons. The summed E-state index contributed by atoms with van der Waals surface area (Å²) >= 11 is 0. The predicted octanol–water partition coefficient (Wildman–Crippen LogP) is 2.40. The SMILES string of the molecule is N#Cc1ccc(N(N)C(=N)c2cccc(F)c2)cc1. The lowest BCUT2D eigenvalue weighted by Crippen LogP contribution is -2.37. The molecule has 2 aromatic rings. The molecule has 0 saturated heterocycles. The number of hydrogen-bond donors (Lipinski definition) is 2. The minimum Gasteiger partial charge on any atom is -0.283 e. The molecule has 0 fully saturated rings. The van der Waals surface area contributed by atoms with E-state index in [4.69, 9.17) is 16.5 Å². The summed E-state index contributed by atoms with van der Waals surface area (Å²) in [6.07, 6.45) is 0. The highest BCUT2D eigenvalue weighted by Crippen LogP contribution is 2.15. The molecule has 0 spiro atoms. The molecule has 0 bridgehead atoms. The molecule has 2 aromatic carbocycles. The predicted molar refractivity (Wildman–Crippen MR) is 71.1 cm³/mol. The van der Waals surface area contributed by atoms with Gasteiger partial charge in [0.15, 0.2) is 0 Å². The van der Waals surface area contributed by atoms with Crippen molar-refractivity contribution in [2.45, 2.75) is 0 Å². The topological polar surface area (TPSA) is 76.9 Å². The van der Waals surface area contributed by atoms with Crippen LogP contribution in [0.1, 0.15) is 11.1 Å². The van der Waals surface area contributed by atoms with Crippen LogP contribution in [0.2, 0.25) is 0 Å². The van der Waals surface area contributed by atoms with Gasteiger partial charge in [0.05, 0.1) is 17.3 Å². The monoisotopic (exact) mass is 254 g/mol. The third kappa shape index (κ3) is 2.76. The number of nitriles is 1. The van der Waals surface area contributed by atoms with Gasteiger partial charge in [0.1, 0.15) is 11.7 Å². The van der Waals surface area contributed by atoms with Crippen LogP contribution in [0.5, 0.6) is 0 Å². The van der Waals surface area contributed by atoms with Gasteiger partial charge in [-0.15, -0.1) is 0 Å². The fraction of sp³-hybridized carbons (Fsp3) is 0. The average Bonchev–Trinajstić information content (AvgIpc) is 2.46. The van der Waals surface area contributed by atoms with Crippen LogP contribution < -0.4 is 10.9 Å². The van der Waals surface area contributed by atoms with Crippen molar-refractivity contribution < 1.29 is 4.39 Å². The second-order valence-electron chi connectivity index (χ2n) is 3.89. The summed E-state index contributed by atoms with van der Waals surface area (Å²) in [5.41, 5.74) is 1.44. The van der Waals surface area contributed by atoms with Gasteiger partial charge in [-0.2, -0.15) is 5.26 Å². The highest BCUT2D eigenvalue weighted by atomic mass is 19.1. The Morgan fingerprint density at radius 2 is 1.89 bits per heavy atom. The van der Waals surface area contributed by atoms with Gasteiger partial charge in [0.2, 0.25) is 0 Å². The first-order valence-electron chi connectivity index (χ1n) is 5.51. The van der Waals surface area contributed by atoms with Crippen LogP contribution in [0, 0.1) is 22.6 Å². The van der Waals surface area contributed by atoms with Crippen LogP contribution in [0.3, 0.4) is 0 Å². The number of amidine groups is 1. The lowest BCUT2D eigenvalue weighted by molar-refractivity contribution is 0.627. The second kappa shape index (κ2) is 5.29. The van der Waals surface area contributed by atoms with Crippen LogP contribution in [0.4, 0.5) is 10.1 Å². The van der Waals surface area contributed by atoms with Crippen LogP contribution in [0.15, 0.2) is 48.5 Å². The van der Waals surface area contributed by atoms with Crippen molar-refractivity contribution in [2.24, 2.45) is 5.84 Å². The number of hydrazine groups is 1. The molecule has 0 unspecified atom stereocenters. The molecular formula is C14H11FN4. The zero-order valence-electron chi connectivity index (χ0n) is 9.97. The van der Waals surface area contributed by atoms with E-state index in [1.807, 2.05) is 6.07 Å². The molecule has 0 aromatic heterocycles. The lowest BCUT2D eigenvalue weighted by Gasteiger charge is -2.19. The average molecular weight is 254 g/mol. The molecule has 0 radical (unpaired) electrons. The van der Waals surface area contributed by atoms with E-state index in [2.05, 4.69) is 0 Å². The van der Waals surface area contributed by atoms with Gasteiger partial charge in [-0.1, -0.05) is 12.1 Å². The summed E-state index contributed by atoms with van der Waals surface area (Å²) in [5, 5.41) is 17.8. The quantitative estimate of drug-likeness (QED) is 0.374. The molecule has 0 saturated carbocycles. The molecule has 0 amide bonds. The van der Waals surface area contributed by atoms with Crippen LogP contribution in [0.25, 0.3) is 0 Å². The molecule has 0 aliphatic rings. The minimum absolute atomic E-state index is 0.0239. The third-order valence-electron chi connectivity index (χ3n) is 2.61. The largest absolute Gasteiger partial charge is 0.283 e. The van der Waals surface area contributed by atoms with E-state index in [1.54, 1.807) is 30.3 Å². The Hall–Kier alpha value is -2.71. The van der Waals surface area contributed by atoms with Crippen molar-refractivity contribution in [1.82, 2.24) is 0 Å². The smallest absolute Gasteiger partial charge is 0.147 e. The summed E-state index contributed by atoms with van der Waals surface area (Å²) in [6, 6.07) is 14.1. The van der Waals surface area contributed by atoms with Gasteiger partial charge in [-0.05, 0) is 36.4 Å². The second-order valence-corrected chi connectivity index (χ2v) is 3.89. The van der Waals surface area contributed by atoms with Gasteiger partial charge >= 0.3 is 0 Å². The molecule has 0 heterocycles. The first-order chi connectivity index (χ1) is 9.11. The van der Waals surface area contributed by atoms with Crippen LogP contribution >= 0.6 is 0 Å². The fourth-order valence-corrected chi connectivity index (χ4v) is 1.60. The van der Waals surface area contributed by atoms with Gasteiger partial charge in [-0.25, -0.2) is 10.2 Å². The maximum atomic E-state index is 13.1. The zero-order chi connectivity index (χ0) is 13.8. The lowest BCUT2D eigenvalue weighted by atomic mass is 10.1. The molecule has 0 atom stereocenters. The normalized spacial score (nSPS) is 9.74. The van der Waals surface area contributed by atoms with Crippen molar-refractivity contribution in [3.8, 4) is 6.07 Å². The minimum atomic E-state index is -0.421. The molecule has 0 aliphatic carbocycles. The van der Waals surface area contributed by atoms with E-state index < -0.39 is 5.82 Å². The molecule has 2 rings (SSSR count). The van der Waals surface area contributed by atoms with E-state index in [1.165, 1.54) is 18.2 Å². The Balaban J connectivity index is 2.26. The zero-order valence-corrected chi connectivity index (χ0v) is 9.97. The Labute approximate surface area is 110 Å². The number of anilines is 1. The van der Waals surface area contributed by atoms with Crippen molar-refractivity contribution in [3.05, 3.63) is 65.5 Å². The number of halogens is 1. The van der Waals surface area contributed by atoms with Crippen molar-refractivity contribution in [2.75, 3.05) is 5.01 Å². The number of nitrogens with two attached hydrogens (primary N) is 1. The van der Waals surface area contributed by atoms with E-state index >= 15 is 0 Å². The number of hydrogen-bond acceptors (Lipinski definition) is 3. The highest BCUT2D eigenvalue weighted by Gasteiger charge is 2.10. The van der Waals surface area contributed by atoms with Crippen molar-refractivity contribution in [1.29, 1.82) is 10.7 Å². The summed E-state index contributed by atoms with van der Waals surface area (Å²) in [4.78, 5) is 0. The molecule has 19 heavy (non-hydrogen) atoms. The van der Waals surface area contributed by atoms with Crippen LogP contribution in [-0.2, 0) is 0 Å². The third-order valence-corrected chi connectivity index (χ3v) is 2.61. The molecule has 5 heteroatoms. The summed E-state index contributed by atoms with van der Waals surface area (Å²) in [7, 11) is 0. The van der Waals surface area contributed by atoms with Crippen LogP contribution in [-0.4, -0.2) is 5.84 Å². The van der Waals surface area contributed by atoms with Crippen molar-refractivity contribution in [3.63, 3.8) is 0 Å². The molecule has 0 aliphatic heterocycles. The highest BCUT2D eigenvalue weighted by molar-refractivity contribution is 6.07. The Kier molecular flexibility index (Phi) is 3.55. The first-order valence-corrected chi connectivity index (χ1v) is 5.51. The van der Waals surface area contributed by atoms with Crippen molar-refractivity contribution >= 4 is 11.5 Å². The van der Waals surface area contributed by atoms with Gasteiger partial charge in [0, 0.05) is 5.56 Å². The molecular weight excluding hydrogens is 243 g/mol. The fourth-order valence-electron chi connectivity index (χ4n) is 1.60. The maximum Gasteiger partial charge on any atom is 0.147 e. The number of nitrogens with zero attached hydrogens (tertiary/aromatic N) is 2. The Morgan fingerprint density at radius 3 is 2.47 bits per heavy atom.